The van der Waals surface area contributed by atoms with Crippen molar-refractivity contribution in [3.63, 3.8) is 0 Å². The molecule has 13 nitrogen and oxygen atoms in total. The van der Waals surface area contributed by atoms with Crippen LogP contribution in [0.5, 0.6) is 23.0 Å². The Morgan fingerprint density at radius 3 is 1.91 bits per heavy atom. The minimum atomic E-state index is -3.96. The summed E-state index contributed by atoms with van der Waals surface area (Å²) < 4.78 is 44.2. The van der Waals surface area contributed by atoms with Gasteiger partial charge in [0.1, 0.15) is 5.69 Å². The number of nitrogens with one attached hydrogen (secondary N) is 1. The van der Waals surface area contributed by atoms with E-state index in [9.17, 15) is 18.6 Å². The Morgan fingerprint density at radius 2 is 1.34 bits per heavy atom. The van der Waals surface area contributed by atoms with Gasteiger partial charge in [-0.1, -0.05) is 29.4 Å². The number of anilines is 1. The van der Waals surface area contributed by atoms with E-state index in [1.54, 1.807) is 68.5 Å². The normalized spacial score (nSPS) is 11.9. The maximum absolute atomic E-state index is 12.9. The van der Waals surface area contributed by atoms with Crippen molar-refractivity contribution in [1.82, 2.24) is 15.1 Å². The van der Waals surface area contributed by atoms with Gasteiger partial charge in [0, 0.05) is 11.4 Å². The first-order chi connectivity index (χ1) is 22.5. The molecule has 47 heavy (non-hydrogen) atoms. The van der Waals surface area contributed by atoms with Crippen LogP contribution < -0.4 is 14.2 Å². The predicted molar refractivity (Wildman–Crippen MR) is 177 cm³/mol. The van der Waals surface area contributed by atoms with Crippen LogP contribution in [0.3, 0.4) is 0 Å². The monoisotopic (exact) mass is 654 g/mol. The van der Waals surface area contributed by atoms with Crippen molar-refractivity contribution < 1.29 is 32.6 Å². The maximum Gasteiger partial charge on any atom is 0.264 e. The number of azo groups is 1. The number of hydrogen-bond donors (Lipinski definition) is 3. The molecule has 0 saturated heterocycles. The van der Waals surface area contributed by atoms with E-state index in [2.05, 4.69) is 30.1 Å². The molecule has 0 unspecified atom stereocenters. The number of aromatic hydroxyl groups is 2. The molecule has 0 aliphatic heterocycles. The molecule has 3 N–H and O–H groups in total. The summed E-state index contributed by atoms with van der Waals surface area (Å²) in [7, 11) is -1.04. The van der Waals surface area contributed by atoms with Gasteiger partial charge in [-0.05, 0) is 91.7 Å². The second-order valence-corrected chi connectivity index (χ2v) is 11.8. The zero-order valence-electron chi connectivity index (χ0n) is 25.7. The molecule has 0 atom stereocenters. The van der Waals surface area contributed by atoms with E-state index in [0.29, 0.717) is 45.5 Å². The minimum absolute atomic E-state index is 0.00489. The summed E-state index contributed by atoms with van der Waals surface area (Å²) in [5.41, 5.74) is 3.70. The third kappa shape index (κ3) is 7.99. The molecule has 0 spiro atoms. The summed E-state index contributed by atoms with van der Waals surface area (Å²) in [6, 6.07) is 17.3. The first kappa shape index (κ1) is 32.4. The average Bonchev–Trinajstić information content (AvgIpc) is 3.43. The van der Waals surface area contributed by atoms with Gasteiger partial charge in [-0.2, -0.15) is 5.11 Å². The molecule has 0 fully saturated rings. The van der Waals surface area contributed by atoms with E-state index in [-0.39, 0.29) is 28.1 Å². The standard InChI is InChI=1S/C33H30N6O7S/c1-20-17-21(2)35-33(34-20)39-47(42,43)25-11-9-24(10-12-25)36-37-32-26(13-5-22-6-14-27(40)30(18-22)44-3)38-46-29(32)16-8-23-7-15-28(41)31(19-23)45-4/h5-19,40-41H,1-4H3,(H,34,35,39)/b13-5+,16-8+,37-36?. The average molecular weight is 655 g/mol. The number of rotatable bonds is 11. The van der Waals surface area contributed by atoms with Gasteiger partial charge in [0.2, 0.25) is 5.95 Å². The third-order valence-electron chi connectivity index (χ3n) is 6.61. The molecule has 5 rings (SSSR count). The SMILES string of the molecule is COc1cc(/C=C/c2noc(/C=C/c3ccc(O)c(OC)c3)c2N=Nc2ccc(S(=O)(=O)Nc3nc(C)cc(C)n3)cc2)ccc1O. The van der Waals surface area contributed by atoms with Crippen LogP contribution in [0.15, 0.2) is 86.4 Å². The lowest BCUT2D eigenvalue weighted by Crippen LogP contribution is -2.15. The Bertz CT molecular complexity index is 2010. The summed E-state index contributed by atoms with van der Waals surface area (Å²) in [6.45, 7) is 3.50. The number of ether oxygens (including phenoxy) is 2. The molecular formula is C33H30N6O7S. The van der Waals surface area contributed by atoms with E-state index >= 15 is 0 Å². The summed E-state index contributed by atoms with van der Waals surface area (Å²) in [6.07, 6.45) is 6.78. The first-order valence-corrected chi connectivity index (χ1v) is 15.5. The van der Waals surface area contributed by atoms with Crippen LogP contribution in [0.2, 0.25) is 0 Å². The molecule has 5 aromatic rings. The van der Waals surface area contributed by atoms with Crippen LogP contribution in [0.1, 0.15) is 34.0 Å². The van der Waals surface area contributed by atoms with Gasteiger partial charge < -0.3 is 24.2 Å². The smallest absolute Gasteiger partial charge is 0.264 e. The van der Waals surface area contributed by atoms with Gasteiger partial charge in [-0.25, -0.2) is 23.1 Å². The van der Waals surface area contributed by atoms with Crippen LogP contribution in [0.4, 0.5) is 17.3 Å². The van der Waals surface area contributed by atoms with Crippen molar-refractivity contribution in [2.24, 2.45) is 10.2 Å². The molecule has 2 aromatic heterocycles. The van der Waals surface area contributed by atoms with Gasteiger partial charge in [-0.15, -0.1) is 5.11 Å². The summed E-state index contributed by atoms with van der Waals surface area (Å²) >= 11 is 0. The van der Waals surface area contributed by atoms with Crippen LogP contribution in [0.25, 0.3) is 24.3 Å². The topological polar surface area (TPSA) is 182 Å². The van der Waals surface area contributed by atoms with E-state index in [0.717, 1.165) is 5.56 Å². The quantitative estimate of drug-likeness (QED) is 0.125. The predicted octanol–water partition coefficient (Wildman–Crippen LogP) is 7.07. The molecule has 0 aliphatic carbocycles. The fourth-order valence-corrected chi connectivity index (χ4v) is 5.27. The Labute approximate surface area is 270 Å². The lowest BCUT2D eigenvalue weighted by molar-refractivity contribution is 0.373. The Balaban J connectivity index is 1.44. The highest BCUT2D eigenvalue weighted by molar-refractivity contribution is 7.92. The fourth-order valence-electron chi connectivity index (χ4n) is 4.32. The summed E-state index contributed by atoms with van der Waals surface area (Å²) in [4.78, 5) is 8.26. The van der Waals surface area contributed by atoms with Crippen molar-refractivity contribution in [3.05, 3.63) is 101 Å². The second-order valence-electron chi connectivity index (χ2n) is 10.1. The van der Waals surface area contributed by atoms with Crippen LogP contribution in [-0.4, -0.2) is 48.0 Å². The molecule has 0 amide bonds. The molecule has 3 aromatic carbocycles. The van der Waals surface area contributed by atoms with E-state index in [1.807, 2.05) is 0 Å². The third-order valence-corrected chi connectivity index (χ3v) is 7.95. The highest BCUT2D eigenvalue weighted by atomic mass is 32.2. The summed E-state index contributed by atoms with van der Waals surface area (Å²) in [5, 5.41) is 32.7. The van der Waals surface area contributed by atoms with Gasteiger partial charge in [-0.3, -0.25) is 0 Å². The van der Waals surface area contributed by atoms with E-state index < -0.39 is 10.0 Å². The molecule has 0 bridgehead atoms. The van der Waals surface area contributed by atoms with Crippen molar-refractivity contribution in [2.75, 3.05) is 18.9 Å². The van der Waals surface area contributed by atoms with Crippen molar-refractivity contribution in [1.29, 1.82) is 0 Å². The maximum atomic E-state index is 12.9. The molecule has 14 heteroatoms. The van der Waals surface area contributed by atoms with Gasteiger partial charge in [0.25, 0.3) is 10.0 Å². The van der Waals surface area contributed by atoms with Gasteiger partial charge in [0.15, 0.2) is 34.4 Å². The highest BCUT2D eigenvalue weighted by Crippen LogP contribution is 2.33. The van der Waals surface area contributed by atoms with E-state index in [4.69, 9.17) is 14.0 Å². The Kier molecular flexibility index (Phi) is 9.61. The number of benzene rings is 3. The number of phenols is 2. The first-order valence-electron chi connectivity index (χ1n) is 14.0. The number of aryl methyl sites for hydroxylation is 2. The number of sulfonamides is 1. The van der Waals surface area contributed by atoms with Gasteiger partial charge in [0.05, 0.1) is 24.8 Å². The number of nitrogens with zero attached hydrogens (tertiary/aromatic N) is 5. The molecular weight excluding hydrogens is 624 g/mol. The van der Waals surface area contributed by atoms with Crippen LogP contribution in [-0.2, 0) is 10.0 Å². The minimum Gasteiger partial charge on any atom is -0.504 e. The second kappa shape index (κ2) is 14.0. The number of aromatic nitrogens is 3. The number of hydrogen-bond acceptors (Lipinski definition) is 12. The fraction of sp³-hybridized carbons (Fsp3) is 0.121. The zero-order valence-corrected chi connectivity index (χ0v) is 26.6. The Hall–Kier alpha value is -6.02. The summed E-state index contributed by atoms with van der Waals surface area (Å²) in [5.74, 6) is 0.886. The Morgan fingerprint density at radius 1 is 0.766 bits per heavy atom. The molecule has 0 saturated carbocycles. The van der Waals surface area contributed by atoms with E-state index in [1.165, 1.54) is 50.6 Å². The van der Waals surface area contributed by atoms with Crippen LogP contribution >= 0.6 is 0 Å². The molecule has 0 radical (unpaired) electrons. The molecule has 0 aliphatic rings. The molecule has 240 valence electrons. The largest absolute Gasteiger partial charge is 0.504 e. The van der Waals surface area contributed by atoms with Crippen molar-refractivity contribution >= 4 is 51.7 Å². The number of phenolic OH excluding ortho intramolecular Hbond substituents is 2. The van der Waals surface area contributed by atoms with Gasteiger partial charge >= 0.3 is 0 Å². The zero-order chi connectivity index (χ0) is 33.6. The lowest BCUT2D eigenvalue weighted by atomic mass is 10.1. The van der Waals surface area contributed by atoms with Crippen molar-refractivity contribution in [3.8, 4) is 23.0 Å². The van der Waals surface area contributed by atoms with Crippen molar-refractivity contribution in [2.45, 2.75) is 18.7 Å². The number of methoxy groups -OCH3 is 2. The lowest BCUT2D eigenvalue weighted by Gasteiger charge is -2.08. The molecule has 2 heterocycles. The highest BCUT2D eigenvalue weighted by Gasteiger charge is 2.17. The van der Waals surface area contributed by atoms with Crippen LogP contribution in [0, 0.1) is 13.8 Å².